The van der Waals surface area contributed by atoms with Gasteiger partial charge in [-0.3, -0.25) is 9.48 Å². The predicted octanol–water partition coefficient (Wildman–Crippen LogP) is 2.88. The van der Waals surface area contributed by atoms with Crippen LogP contribution in [0.2, 0.25) is 0 Å². The van der Waals surface area contributed by atoms with Crippen LogP contribution in [0.4, 0.5) is 10.1 Å². The van der Waals surface area contributed by atoms with Crippen molar-refractivity contribution in [2.75, 3.05) is 18.1 Å². The molecule has 36 heavy (non-hydrogen) atoms. The van der Waals surface area contributed by atoms with Gasteiger partial charge in [-0.2, -0.15) is 10.4 Å². The molecule has 0 bridgehead atoms. The third-order valence-corrected chi connectivity index (χ3v) is 6.27. The van der Waals surface area contributed by atoms with Gasteiger partial charge in [0.15, 0.2) is 5.82 Å². The first kappa shape index (κ1) is 23.0. The number of carbonyl (C=O) groups is 1. The molecule has 0 amide bonds. The molecule has 1 aromatic carbocycles. The van der Waals surface area contributed by atoms with Crippen LogP contribution in [0.25, 0.3) is 16.6 Å². The van der Waals surface area contributed by atoms with Gasteiger partial charge < -0.3 is 19.3 Å². The Kier molecular flexibility index (Phi) is 5.85. The van der Waals surface area contributed by atoms with Gasteiger partial charge in [0.05, 0.1) is 34.7 Å². The van der Waals surface area contributed by atoms with Crippen LogP contribution in [-0.2, 0) is 7.05 Å². The summed E-state index contributed by atoms with van der Waals surface area (Å²) >= 11 is 0. The first-order valence-electron chi connectivity index (χ1n) is 11.2. The van der Waals surface area contributed by atoms with E-state index in [0.29, 0.717) is 23.4 Å². The summed E-state index contributed by atoms with van der Waals surface area (Å²) in [6.07, 6.45) is 7.56. The number of ether oxygens (including phenoxy) is 1. The number of nitrogens with zero attached hydrogens (tertiary/aromatic N) is 6. The lowest BCUT2D eigenvalue weighted by Crippen LogP contribution is -2.35. The summed E-state index contributed by atoms with van der Waals surface area (Å²) in [6.45, 7) is 0.785. The lowest BCUT2D eigenvalue weighted by Gasteiger charge is -2.28. The Balaban J connectivity index is 1.62. The van der Waals surface area contributed by atoms with E-state index in [1.807, 2.05) is 4.90 Å². The highest BCUT2D eigenvalue weighted by molar-refractivity contribution is 5.95. The van der Waals surface area contributed by atoms with Gasteiger partial charge in [0, 0.05) is 37.6 Å². The lowest BCUT2D eigenvalue weighted by atomic mass is 10.0. The molecule has 1 aliphatic rings. The van der Waals surface area contributed by atoms with E-state index in [0.717, 1.165) is 12.8 Å². The van der Waals surface area contributed by atoms with Crippen molar-refractivity contribution in [1.82, 2.24) is 19.3 Å². The number of carboxylic acids is 1. The Morgan fingerprint density at radius 3 is 2.89 bits per heavy atom. The number of carboxylic acid groups (broad SMARTS) is 1. The van der Waals surface area contributed by atoms with Gasteiger partial charge in [-0.1, -0.05) is 0 Å². The zero-order valence-electron chi connectivity index (χ0n) is 19.3. The van der Waals surface area contributed by atoms with Crippen LogP contribution < -0.4 is 15.1 Å². The van der Waals surface area contributed by atoms with Crippen molar-refractivity contribution >= 4 is 22.6 Å². The topological polar surface area (TPSA) is 126 Å². The Morgan fingerprint density at radius 2 is 2.19 bits per heavy atom. The predicted molar refractivity (Wildman–Crippen MR) is 128 cm³/mol. The SMILES string of the molecule is Cn1cc(-n2cc(C(=O)O)c(=O)c3cc(C#N)c(N4CCC[C@@H]4COc4ncccc4F)cc32)cn1. The summed E-state index contributed by atoms with van der Waals surface area (Å²) in [5, 5.41) is 23.8. The fourth-order valence-electron chi connectivity index (χ4n) is 4.57. The molecule has 0 unspecified atom stereocenters. The van der Waals surface area contributed by atoms with Crippen molar-refractivity contribution in [3.63, 3.8) is 0 Å². The number of fused-ring (bicyclic) bond motifs is 1. The molecule has 0 aliphatic carbocycles. The highest BCUT2D eigenvalue weighted by Crippen LogP contribution is 2.33. The number of hydrogen-bond acceptors (Lipinski definition) is 7. The highest BCUT2D eigenvalue weighted by atomic mass is 19.1. The van der Waals surface area contributed by atoms with Crippen molar-refractivity contribution in [3.8, 4) is 17.6 Å². The molecule has 0 saturated carbocycles. The maximum atomic E-state index is 14.0. The molecule has 1 fully saturated rings. The standard InChI is InChI=1S/C25H21FN6O4/c1-30-12-17(11-29-30)32-13-19(25(34)35)23(33)18-8-15(10-27)21(9-22(18)32)31-7-3-4-16(31)14-36-24-20(26)5-2-6-28-24/h2,5-6,8-9,11-13,16H,3-4,7,14H2,1H3,(H,34,35)/t16-/m1/s1. The molecule has 1 atom stereocenters. The molecule has 1 N–H and O–H groups in total. The highest BCUT2D eigenvalue weighted by Gasteiger charge is 2.29. The maximum absolute atomic E-state index is 14.0. The number of anilines is 1. The zero-order valence-corrected chi connectivity index (χ0v) is 19.3. The maximum Gasteiger partial charge on any atom is 0.341 e. The number of hydrogen-bond donors (Lipinski definition) is 1. The molecule has 4 heterocycles. The van der Waals surface area contributed by atoms with Gasteiger partial charge in [-0.15, -0.1) is 0 Å². The van der Waals surface area contributed by atoms with E-state index in [9.17, 15) is 24.3 Å². The minimum atomic E-state index is -1.36. The molecule has 1 saturated heterocycles. The summed E-state index contributed by atoms with van der Waals surface area (Å²) in [5.41, 5.74) is 0.732. The van der Waals surface area contributed by atoms with Crippen LogP contribution in [0.5, 0.6) is 5.88 Å². The number of nitriles is 1. The molecule has 1 aliphatic heterocycles. The summed E-state index contributed by atoms with van der Waals surface area (Å²) in [4.78, 5) is 30.7. The smallest absolute Gasteiger partial charge is 0.341 e. The van der Waals surface area contributed by atoms with E-state index >= 15 is 0 Å². The van der Waals surface area contributed by atoms with E-state index in [-0.39, 0.29) is 29.5 Å². The van der Waals surface area contributed by atoms with E-state index in [2.05, 4.69) is 16.2 Å². The summed E-state index contributed by atoms with van der Waals surface area (Å²) < 4.78 is 22.8. The van der Waals surface area contributed by atoms with E-state index in [1.54, 1.807) is 34.8 Å². The van der Waals surface area contributed by atoms with Crippen molar-refractivity contribution < 1.29 is 19.0 Å². The van der Waals surface area contributed by atoms with E-state index < -0.39 is 22.8 Å². The molecule has 11 heteroatoms. The van der Waals surface area contributed by atoms with Crippen LogP contribution in [0.3, 0.4) is 0 Å². The average molecular weight is 488 g/mol. The quantitative estimate of drug-likeness (QED) is 0.439. The Morgan fingerprint density at radius 1 is 1.36 bits per heavy atom. The normalized spacial score (nSPS) is 15.2. The lowest BCUT2D eigenvalue weighted by molar-refractivity contribution is 0.0695. The summed E-state index contributed by atoms with van der Waals surface area (Å²) in [5.74, 6) is -2.00. The number of halogens is 1. The Hall–Kier alpha value is -4.72. The third kappa shape index (κ3) is 4.02. The number of benzene rings is 1. The monoisotopic (exact) mass is 488 g/mol. The number of aryl methyl sites for hydroxylation is 1. The fourth-order valence-corrected chi connectivity index (χ4v) is 4.57. The second-order valence-electron chi connectivity index (χ2n) is 8.51. The molecule has 3 aromatic heterocycles. The van der Waals surface area contributed by atoms with Crippen molar-refractivity contribution in [1.29, 1.82) is 5.26 Å². The van der Waals surface area contributed by atoms with Gasteiger partial charge >= 0.3 is 5.97 Å². The molecule has 10 nitrogen and oxygen atoms in total. The number of rotatable bonds is 6. The molecular formula is C25H21FN6O4. The molecule has 182 valence electrons. The van der Waals surface area contributed by atoms with Crippen LogP contribution in [0.15, 0.2) is 53.8 Å². The minimum Gasteiger partial charge on any atom is -0.477 e. The van der Waals surface area contributed by atoms with Gasteiger partial charge in [0.1, 0.15) is 18.2 Å². The number of aromatic nitrogens is 4. The fraction of sp³-hybridized carbons (Fsp3) is 0.240. The zero-order chi connectivity index (χ0) is 25.4. The Labute approximate surface area is 204 Å². The molecular weight excluding hydrogens is 467 g/mol. The number of aromatic carboxylic acids is 1. The van der Waals surface area contributed by atoms with Gasteiger partial charge in [0.25, 0.3) is 0 Å². The van der Waals surface area contributed by atoms with Gasteiger partial charge in [-0.25, -0.2) is 14.2 Å². The summed E-state index contributed by atoms with van der Waals surface area (Å²) in [6, 6.07) is 7.88. The van der Waals surface area contributed by atoms with Crippen LogP contribution in [-0.4, -0.2) is 49.6 Å². The summed E-state index contributed by atoms with van der Waals surface area (Å²) in [7, 11) is 1.73. The van der Waals surface area contributed by atoms with E-state index in [4.69, 9.17) is 4.74 Å². The van der Waals surface area contributed by atoms with Crippen molar-refractivity contribution in [2.45, 2.75) is 18.9 Å². The second-order valence-corrected chi connectivity index (χ2v) is 8.51. The third-order valence-electron chi connectivity index (χ3n) is 6.27. The van der Waals surface area contributed by atoms with Crippen LogP contribution in [0.1, 0.15) is 28.8 Å². The van der Waals surface area contributed by atoms with Gasteiger partial charge in [-0.05, 0) is 37.1 Å². The largest absolute Gasteiger partial charge is 0.477 e. The number of pyridine rings is 2. The Bertz CT molecular complexity index is 1590. The van der Waals surface area contributed by atoms with Gasteiger partial charge in [0.2, 0.25) is 11.3 Å². The van der Waals surface area contributed by atoms with Crippen LogP contribution in [0, 0.1) is 17.1 Å². The molecule has 0 radical (unpaired) electrons. The van der Waals surface area contributed by atoms with Crippen molar-refractivity contribution in [2.24, 2.45) is 7.05 Å². The molecule has 4 aromatic rings. The first-order valence-corrected chi connectivity index (χ1v) is 11.2. The minimum absolute atomic E-state index is 0.0880. The second kappa shape index (κ2) is 9.14. The van der Waals surface area contributed by atoms with Crippen molar-refractivity contribution in [3.05, 3.63) is 76.2 Å². The first-order chi connectivity index (χ1) is 17.4. The van der Waals surface area contributed by atoms with Crippen LogP contribution >= 0.6 is 0 Å². The molecule has 0 spiro atoms. The average Bonchev–Trinajstić information content (AvgIpc) is 3.51. The van der Waals surface area contributed by atoms with E-state index in [1.165, 1.54) is 30.6 Å². The molecule has 5 rings (SSSR count).